The van der Waals surface area contributed by atoms with Crippen LogP contribution in [0.1, 0.15) is 31.2 Å². The fraction of sp³-hybridized carbons (Fsp3) is 0.438. The van der Waals surface area contributed by atoms with Crippen molar-refractivity contribution < 1.29 is 0 Å². The quantitative estimate of drug-likeness (QED) is 0.737. The maximum atomic E-state index is 4.39. The second-order valence-electron chi connectivity index (χ2n) is 4.80. The van der Waals surface area contributed by atoms with Crippen LogP contribution in [0.5, 0.6) is 0 Å². The van der Waals surface area contributed by atoms with Gasteiger partial charge in [-0.2, -0.15) is 0 Å². The minimum atomic E-state index is 0.863. The van der Waals surface area contributed by atoms with Crippen LogP contribution in [0, 0.1) is 0 Å². The van der Waals surface area contributed by atoms with Crippen LogP contribution in [0.3, 0.4) is 0 Å². The van der Waals surface area contributed by atoms with Crippen LogP contribution in [-0.2, 0) is 19.5 Å². The third-order valence-corrected chi connectivity index (χ3v) is 3.21. The van der Waals surface area contributed by atoms with E-state index in [2.05, 4.69) is 58.3 Å². The van der Waals surface area contributed by atoms with E-state index < -0.39 is 0 Å². The molecule has 0 fully saturated rings. The molecule has 19 heavy (non-hydrogen) atoms. The van der Waals surface area contributed by atoms with E-state index in [1.807, 2.05) is 6.20 Å². The second kappa shape index (κ2) is 7.74. The summed E-state index contributed by atoms with van der Waals surface area (Å²) in [4.78, 5) is 4.39. The van der Waals surface area contributed by atoms with E-state index in [1.165, 1.54) is 12.0 Å². The van der Waals surface area contributed by atoms with Gasteiger partial charge in [0.15, 0.2) is 0 Å². The van der Waals surface area contributed by atoms with Crippen molar-refractivity contribution in [2.24, 2.45) is 0 Å². The van der Waals surface area contributed by atoms with Gasteiger partial charge in [-0.25, -0.2) is 4.98 Å². The highest BCUT2D eigenvalue weighted by Crippen LogP contribution is 2.02. The normalized spacial score (nSPS) is 10.8. The molecule has 3 nitrogen and oxygen atoms in total. The molecule has 1 aromatic heterocycles. The Morgan fingerprint density at radius 3 is 2.84 bits per heavy atom. The molecule has 0 aliphatic heterocycles. The van der Waals surface area contributed by atoms with E-state index in [0.717, 1.165) is 38.3 Å². The van der Waals surface area contributed by atoms with Crippen LogP contribution < -0.4 is 5.32 Å². The molecule has 1 N–H and O–H groups in total. The molecule has 0 amide bonds. The molecular formula is C16H23N3. The fourth-order valence-corrected chi connectivity index (χ4v) is 2.21. The summed E-state index contributed by atoms with van der Waals surface area (Å²) in [6, 6.07) is 10.6. The first-order chi connectivity index (χ1) is 9.40. The molecule has 2 rings (SSSR count). The van der Waals surface area contributed by atoms with Crippen molar-refractivity contribution in [3.8, 4) is 0 Å². The molecular weight excluding hydrogens is 234 g/mol. The number of benzene rings is 1. The lowest BCUT2D eigenvalue weighted by Crippen LogP contribution is -2.18. The number of imidazole rings is 1. The van der Waals surface area contributed by atoms with Crippen LogP contribution in [0.25, 0.3) is 0 Å². The Morgan fingerprint density at radius 1 is 1.21 bits per heavy atom. The Kier molecular flexibility index (Phi) is 5.63. The Balaban J connectivity index is 1.65. The van der Waals surface area contributed by atoms with Gasteiger partial charge < -0.3 is 9.88 Å². The minimum Gasteiger partial charge on any atom is -0.334 e. The maximum Gasteiger partial charge on any atom is 0.122 e. The zero-order valence-electron chi connectivity index (χ0n) is 11.7. The third kappa shape index (κ3) is 4.52. The first-order valence-electron chi connectivity index (χ1n) is 7.15. The van der Waals surface area contributed by atoms with E-state index in [0.29, 0.717) is 0 Å². The van der Waals surface area contributed by atoms with Gasteiger partial charge in [-0.3, -0.25) is 0 Å². The Bertz CT molecular complexity index is 462. The van der Waals surface area contributed by atoms with Gasteiger partial charge in [0.05, 0.1) is 6.54 Å². The molecule has 0 aliphatic carbocycles. The van der Waals surface area contributed by atoms with Crippen LogP contribution in [0.2, 0.25) is 0 Å². The summed E-state index contributed by atoms with van der Waals surface area (Å²) in [5.41, 5.74) is 1.41. The SMILES string of the molecule is CCCn1ccnc1CNCCCc1ccccc1. The van der Waals surface area contributed by atoms with E-state index >= 15 is 0 Å². The molecule has 0 atom stereocenters. The van der Waals surface area contributed by atoms with Gasteiger partial charge in [0.2, 0.25) is 0 Å². The Hall–Kier alpha value is -1.61. The number of aryl methyl sites for hydroxylation is 2. The largest absolute Gasteiger partial charge is 0.334 e. The van der Waals surface area contributed by atoms with Gasteiger partial charge in [-0.05, 0) is 31.4 Å². The number of nitrogens with zero attached hydrogens (tertiary/aromatic N) is 2. The van der Waals surface area contributed by atoms with E-state index in [-0.39, 0.29) is 0 Å². The molecule has 1 heterocycles. The first kappa shape index (κ1) is 13.8. The predicted octanol–water partition coefficient (Wildman–Crippen LogP) is 3.02. The van der Waals surface area contributed by atoms with Gasteiger partial charge in [0.1, 0.15) is 5.82 Å². The highest BCUT2D eigenvalue weighted by Gasteiger charge is 2.00. The van der Waals surface area contributed by atoms with Crippen molar-refractivity contribution in [1.29, 1.82) is 0 Å². The summed E-state index contributed by atoms with van der Waals surface area (Å²) in [5, 5.41) is 3.47. The standard InChI is InChI=1S/C16H23N3/c1-2-12-19-13-11-18-16(19)14-17-10-6-9-15-7-4-3-5-8-15/h3-5,7-8,11,13,17H,2,6,9-10,12,14H2,1H3. The molecule has 2 aromatic rings. The minimum absolute atomic E-state index is 0.863. The van der Waals surface area contributed by atoms with Crippen molar-refractivity contribution in [2.75, 3.05) is 6.54 Å². The monoisotopic (exact) mass is 257 g/mol. The summed E-state index contributed by atoms with van der Waals surface area (Å²) in [7, 11) is 0. The van der Waals surface area contributed by atoms with E-state index in [4.69, 9.17) is 0 Å². The number of aromatic nitrogens is 2. The average molecular weight is 257 g/mol. The molecule has 0 aliphatic rings. The Morgan fingerprint density at radius 2 is 2.05 bits per heavy atom. The molecule has 0 saturated carbocycles. The van der Waals surface area contributed by atoms with Gasteiger partial charge in [0.25, 0.3) is 0 Å². The van der Waals surface area contributed by atoms with Gasteiger partial charge in [-0.15, -0.1) is 0 Å². The van der Waals surface area contributed by atoms with Gasteiger partial charge in [0, 0.05) is 18.9 Å². The molecule has 102 valence electrons. The number of hydrogen-bond donors (Lipinski definition) is 1. The smallest absolute Gasteiger partial charge is 0.122 e. The molecule has 0 unspecified atom stereocenters. The summed E-state index contributed by atoms with van der Waals surface area (Å²) in [5.74, 6) is 1.14. The van der Waals surface area contributed by atoms with Gasteiger partial charge in [-0.1, -0.05) is 37.3 Å². The van der Waals surface area contributed by atoms with E-state index in [9.17, 15) is 0 Å². The maximum absolute atomic E-state index is 4.39. The fourth-order valence-electron chi connectivity index (χ4n) is 2.21. The van der Waals surface area contributed by atoms with Crippen LogP contribution in [0.15, 0.2) is 42.7 Å². The molecule has 0 bridgehead atoms. The summed E-state index contributed by atoms with van der Waals surface area (Å²) in [6.45, 7) is 5.15. The topological polar surface area (TPSA) is 29.9 Å². The first-order valence-corrected chi connectivity index (χ1v) is 7.15. The van der Waals surface area contributed by atoms with Crippen molar-refractivity contribution in [1.82, 2.24) is 14.9 Å². The number of rotatable bonds is 8. The molecule has 0 spiro atoms. The summed E-state index contributed by atoms with van der Waals surface area (Å²) < 4.78 is 2.23. The van der Waals surface area contributed by atoms with Gasteiger partial charge >= 0.3 is 0 Å². The third-order valence-electron chi connectivity index (χ3n) is 3.21. The number of hydrogen-bond acceptors (Lipinski definition) is 2. The van der Waals surface area contributed by atoms with Crippen molar-refractivity contribution in [2.45, 2.75) is 39.3 Å². The van der Waals surface area contributed by atoms with E-state index in [1.54, 1.807) is 0 Å². The molecule has 0 radical (unpaired) electrons. The zero-order valence-corrected chi connectivity index (χ0v) is 11.7. The van der Waals surface area contributed by atoms with Crippen molar-refractivity contribution in [3.63, 3.8) is 0 Å². The second-order valence-corrected chi connectivity index (χ2v) is 4.80. The highest BCUT2D eigenvalue weighted by molar-refractivity contribution is 5.14. The molecule has 1 aromatic carbocycles. The highest BCUT2D eigenvalue weighted by atomic mass is 15.1. The number of nitrogens with one attached hydrogen (secondary N) is 1. The summed E-state index contributed by atoms with van der Waals surface area (Å²) >= 11 is 0. The average Bonchev–Trinajstić information content (AvgIpc) is 2.88. The lowest BCUT2D eigenvalue weighted by molar-refractivity contribution is 0.578. The predicted molar refractivity (Wildman–Crippen MR) is 79.0 cm³/mol. The van der Waals surface area contributed by atoms with Crippen molar-refractivity contribution >= 4 is 0 Å². The van der Waals surface area contributed by atoms with Crippen LogP contribution >= 0.6 is 0 Å². The summed E-state index contributed by atoms with van der Waals surface area (Å²) in [6.07, 6.45) is 7.40. The zero-order chi connectivity index (χ0) is 13.3. The Labute approximate surface area is 115 Å². The van der Waals surface area contributed by atoms with Crippen LogP contribution in [-0.4, -0.2) is 16.1 Å². The van der Waals surface area contributed by atoms with Crippen molar-refractivity contribution in [3.05, 3.63) is 54.1 Å². The van der Waals surface area contributed by atoms with Crippen LogP contribution in [0.4, 0.5) is 0 Å². The lowest BCUT2D eigenvalue weighted by Gasteiger charge is -2.07. The molecule has 0 saturated heterocycles. The lowest BCUT2D eigenvalue weighted by atomic mass is 10.1. The molecule has 3 heteroatoms.